The number of aromatic nitrogens is 3. The minimum absolute atomic E-state index is 0.101. The number of aromatic amines is 1. The number of carbonyl (C=O) groups excluding carboxylic acids is 1. The summed E-state index contributed by atoms with van der Waals surface area (Å²) >= 11 is 6.15. The topological polar surface area (TPSA) is 123 Å². The number of nitrogens with zero attached hydrogens (tertiary/aromatic N) is 2. The van der Waals surface area contributed by atoms with Gasteiger partial charge in [-0.1, -0.05) is 23.7 Å². The SMILES string of the molecule is Cc1c2n(c(=O)c3[nH]c4cc(N)ncc4c(=O)c13)C(C)(c1cccc(Cl)c1)NC2=O. The number of halogens is 1. The molecule has 4 aromatic rings. The van der Waals surface area contributed by atoms with E-state index < -0.39 is 17.1 Å². The van der Waals surface area contributed by atoms with E-state index in [2.05, 4.69) is 15.3 Å². The van der Waals surface area contributed by atoms with Gasteiger partial charge in [-0.15, -0.1) is 0 Å². The van der Waals surface area contributed by atoms with Gasteiger partial charge in [0.1, 0.15) is 22.7 Å². The Labute approximate surface area is 174 Å². The van der Waals surface area contributed by atoms with Crippen LogP contribution in [0.25, 0.3) is 21.8 Å². The van der Waals surface area contributed by atoms with Crippen molar-refractivity contribution in [3.05, 3.63) is 78.9 Å². The van der Waals surface area contributed by atoms with Crippen LogP contribution >= 0.6 is 11.6 Å². The Hall–Kier alpha value is -3.65. The largest absolute Gasteiger partial charge is 0.384 e. The second-order valence-electron chi connectivity index (χ2n) is 7.51. The van der Waals surface area contributed by atoms with Crippen molar-refractivity contribution >= 4 is 45.1 Å². The molecule has 0 saturated carbocycles. The fourth-order valence-electron chi connectivity index (χ4n) is 4.25. The molecule has 4 heterocycles. The van der Waals surface area contributed by atoms with E-state index in [4.69, 9.17) is 17.3 Å². The van der Waals surface area contributed by atoms with Crippen LogP contribution in [-0.2, 0) is 5.66 Å². The van der Waals surface area contributed by atoms with E-state index in [0.29, 0.717) is 27.1 Å². The van der Waals surface area contributed by atoms with Crippen LogP contribution in [-0.4, -0.2) is 20.4 Å². The van der Waals surface area contributed by atoms with Gasteiger partial charge in [-0.25, -0.2) is 4.98 Å². The molecular formula is C21H16ClN5O3. The Kier molecular flexibility index (Phi) is 3.63. The summed E-state index contributed by atoms with van der Waals surface area (Å²) in [5, 5.41) is 3.81. The highest BCUT2D eigenvalue weighted by Crippen LogP contribution is 2.33. The third-order valence-electron chi connectivity index (χ3n) is 5.68. The summed E-state index contributed by atoms with van der Waals surface area (Å²) in [6.45, 7) is 3.38. The maximum Gasteiger partial charge on any atom is 0.277 e. The Morgan fingerprint density at radius 2 is 1.97 bits per heavy atom. The molecule has 30 heavy (non-hydrogen) atoms. The van der Waals surface area contributed by atoms with Gasteiger partial charge in [0.2, 0.25) is 0 Å². The van der Waals surface area contributed by atoms with Crippen LogP contribution in [0.3, 0.4) is 0 Å². The minimum atomic E-state index is -1.17. The fourth-order valence-corrected chi connectivity index (χ4v) is 4.44. The molecule has 3 aromatic heterocycles. The third kappa shape index (κ3) is 2.28. The molecule has 0 spiro atoms. The second kappa shape index (κ2) is 5.93. The average Bonchev–Trinajstić information content (AvgIpc) is 2.97. The zero-order chi connectivity index (χ0) is 21.4. The van der Waals surface area contributed by atoms with Crippen molar-refractivity contribution in [1.29, 1.82) is 0 Å². The first-order valence-corrected chi connectivity index (χ1v) is 9.56. The molecule has 0 saturated heterocycles. The van der Waals surface area contributed by atoms with Gasteiger partial charge >= 0.3 is 0 Å². The normalized spacial score (nSPS) is 18.0. The summed E-state index contributed by atoms with van der Waals surface area (Å²) in [5.74, 6) is -0.222. The van der Waals surface area contributed by atoms with Crippen molar-refractivity contribution in [3.63, 3.8) is 0 Å². The molecular weight excluding hydrogens is 406 g/mol. The predicted molar refractivity (Wildman–Crippen MR) is 115 cm³/mol. The maximum absolute atomic E-state index is 13.6. The van der Waals surface area contributed by atoms with Crippen molar-refractivity contribution in [2.24, 2.45) is 0 Å². The lowest BCUT2D eigenvalue weighted by Crippen LogP contribution is -2.46. The molecule has 0 radical (unpaired) electrons. The molecule has 1 aliphatic rings. The number of rotatable bonds is 1. The van der Waals surface area contributed by atoms with Crippen LogP contribution in [0, 0.1) is 6.92 Å². The van der Waals surface area contributed by atoms with Gasteiger partial charge in [-0.3, -0.25) is 19.0 Å². The molecule has 5 rings (SSSR count). The van der Waals surface area contributed by atoms with Gasteiger partial charge in [0.15, 0.2) is 5.43 Å². The van der Waals surface area contributed by atoms with Crippen molar-refractivity contribution in [1.82, 2.24) is 19.9 Å². The summed E-state index contributed by atoms with van der Waals surface area (Å²) in [6.07, 6.45) is 1.36. The molecule has 1 amide bonds. The zero-order valence-electron chi connectivity index (χ0n) is 16.0. The highest BCUT2D eigenvalue weighted by Gasteiger charge is 2.43. The standard InChI is InChI=1S/C21H16ClN5O3/c1-9-15-16(25-13-7-14(23)24-8-12(13)18(15)28)20(30)27-17(9)19(29)26-21(27,2)10-4-3-5-11(22)6-10/h3-8H,1-2H3,(H2,23,24)(H,25,28)(H,26,29). The van der Waals surface area contributed by atoms with Crippen LogP contribution in [0.5, 0.6) is 0 Å². The Morgan fingerprint density at radius 1 is 1.20 bits per heavy atom. The van der Waals surface area contributed by atoms with Crippen LogP contribution in [0.4, 0.5) is 5.82 Å². The number of nitrogens with two attached hydrogens (primary N) is 1. The number of benzene rings is 1. The maximum atomic E-state index is 13.6. The third-order valence-corrected chi connectivity index (χ3v) is 5.92. The van der Waals surface area contributed by atoms with Gasteiger partial charge in [-0.2, -0.15) is 0 Å². The summed E-state index contributed by atoms with van der Waals surface area (Å²) in [5.41, 5.74) is 5.39. The van der Waals surface area contributed by atoms with E-state index in [9.17, 15) is 14.4 Å². The number of amides is 1. The van der Waals surface area contributed by atoms with E-state index in [1.54, 1.807) is 38.1 Å². The molecule has 1 unspecified atom stereocenters. The fraction of sp³-hybridized carbons (Fsp3) is 0.143. The first-order valence-electron chi connectivity index (χ1n) is 9.18. The molecule has 0 aliphatic carbocycles. The number of hydrogen-bond acceptors (Lipinski definition) is 5. The van der Waals surface area contributed by atoms with Crippen molar-refractivity contribution < 1.29 is 4.79 Å². The predicted octanol–water partition coefficient (Wildman–Crippen LogP) is 2.25. The smallest absolute Gasteiger partial charge is 0.277 e. The lowest BCUT2D eigenvalue weighted by molar-refractivity contribution is 0.0941. The number of carbonyl (C=O) groups is 1. The molecule has 0 fully saturated rings. The Balaban J connectivity index is 1.96. The number of hydrogen-bond donors (Lipinski definition) is 3. The van der Waals surface area contributed by atoms with Gasteiger partial charge in [0, 0.05) is 17.3 Å². The first-order chi connectivity index (χ1) is 14.2. The van der Waals surface area contributed by atoms with E-state index in [-0.39, 0.29) is 27.8 Å². The van der Waals surface area contributed by atoms with Crippen LogP contribution in [0.2, 0.25) is 5.02 Å². The Morgan fingerprint density at radius 3 is 2.70 bits per heavy atom. The molecule has 1 aliphatic heterocycles. The monoisotopic (exact) mass is 421 g/mol. The number of nitrogen functional groups attached to an aromatic ring is 1. The number of nitrogens with one attached hydrogen (secondary N) is 2. The molecule has 150 valence electrons. The molecule has 0 bridgehead atoms. The molecule has 4 N–H and O–H groups in total. The minimum Gasteiger partial charge on any atom is -0.384 e. The summed E-state index contributed by atoms with van der Waals surface area (Å²) in [7, 11) is 0. The highest BCUT2D eigenvalue weighted by atomic mass is 35.5. The van der Waals surface area contributed by atoms with Crippen LogP contribution in [0.1, 0.15) is 28.5 Å². The van der Waals surface area contributed by atoms with E-state index in [0.717, 1.165) is 0 Å². The van der Waals surface area contributed by atoms with Gasteiger partial charge < -0.3 is 16.0 Å². The number of fused-ring (bicyclic) bond motifs is 3. The van der Waals surface area contributed by atoms with Crippen molar-refractivity contribution in [2.75, 3.05) is 5.73 Å². The van der Waals surface area contributed by atoms with Crippen molar-refractivity contribution in [2.45, 2.75) is 19.5 Å². The van der Waals surface area contributed by atoms with E-state index in [1.807, 2.05) is 0 Å². The van der Waals surface area contributed by atoms with E-state index in [1.165, 1.54) is 16.8 Å². The van der Waals surface area contributed by atoms with Gasteiger partial charge in [0.05, 0.1) is 16.3 Å². The number of H-pyrrole nitrogens is 1. The summed E-state index contributed by atoms with van der Waals surface area (Å²) < 4.78 is 1.38. The summed E-state index contributed by atoms with van der Waals surface area (Å²) in [6, 6.07) is 8.43. The second-order valence-corrected chi connectivity index (χ2v) is 7.95. The van der Waals surface area contributed by atoms with Crippen LogP contribution < -0.4 is 22.0 Å². The quantitative estimate of drug-likeness (QED) is 0.407. The zero-order valence-corrected chi connectivity index (χ0v) is 16.8. The number of pyridine rings is 3. The summed E-state index contributed by atoms with van der Waals surface area (Å²) in [4.78, 5) is 46.7. The van der Waals surface area contributed by atoms with Crippen LogP contribution in [0.15, 0.2) is 46.1 Å². The number of aryl methyl sites for hydroxylation is 1. The number of anilines is 1. The molecule has 1 atom stereocenters. The van der Waals surface area contributed by atoms with E-state index >= 15 is 0 Å². The first kappa shape index (κ1) is 18.4. The average molecular weight is 422 g/mol. The molecule has 9 heteroatoms. The molecule has 8 nitrogen and oxygen atoms in total. The lowest BCUT2D eigenvalue weighted by atomic mass is 10.0. The van der Waals surface area contributed by atoms with Gasteiger partial charge in [0.25, 0.3) is 11.5 Å². The highest BCUT2D eigenvalue weighted by molar-refractivity contribution is 6.30. The lowest BCUT2D eigenvalue weighted by Gasteiger charge is -2.28. The molecule has 1 aromatic carbocycles. The Bertz CT molecular complexity index is 1540. The van der Waals surface area contributed by atoms with Gasteiger partial charge in [-0.05, 0) is 37.1 Å². The van der Waals surface area contributed by atoms with Crippen molar-refractivity contribution in [3.8, 4) is 0 Å².